The van der Waals surface area contributed by atoms with Gasteiger partial charge in [-0.25, -0.2) is 0 Å². The van der Waals surface area contributed by atoms with Crippen LogP contribution in [-0.4, -0.2) is 38.2 Å². The molecule has 1 aliphatic heterocycles. The quantitative estimate of drug-likeness (QED) is 0.167. The molecule has 6 aromatic rings. The number of hydrogen-bond donors (Lipinski definition) is 0. The van der Waals surface area contributed by atoms with Crippen LogP contribution in [0.4, 0.5) is 0 Å². The highest BCUT2D eigenvalue weighted by molar-refractivity contribution is 7.91. The Kier molecular flexibility index (Phi) is 7.35. The maximum absolute atomic E-state index is 6.03. The monoisotopic (exact) mass is 669 g/mol. The van der Waals surface area contributed by atoms with E-state index in [1.807, 2.05) is 57.6 Å². The van der Waals surface area contributed by atoms with Crippen molar-refractivity contribution in [3.8, 4) is 0 Å². The summed E-state index contributed by atoms with van der Waals surface area (Å²) in [5, 5.41) is 22.6. The molecule has 0 spiro atoms. The van der Waals surface area contributed by atoms with Gasteiger partial charge in [0.2, 0.25) is 0 Å². The molecule has 5 heterocycles. The molecular formula is C32H38N11P3. The lowest BCUT2D eigenvalue weighted by molar-refractivity contribution is 0.821. The second-order valence-corrected chi connectivity index (χ2v) is 19.9. The van der Waals surface area contributed by atoms with E-state index in [2.05, 4.69) is 100 Å². The predicted octanol–water partition coefficient (Wildman–Crippen LogP) is 8.11. The van der Waals surface area contributed by atoms with Gasteiger partial charge in [0.1, 0.15) is 7.21 Å². The third-order valence-electron chi connectivity index (χ3n) is 7.93. The van der Waals surface area contributed by atoms with Crippen LogP contribution in [0, 0.1) is 55.4 Å². The Morgan fingerprint density at radius 1 is 0.391 bits per heavy atom. The maximum atomic E-state index is 6.03. The highest BCUT2D eigenvalue weighted by Gasteiger charge is 2.47. The van der Waals surface area contributed by atoms with E-state index in [9.17, 15) is 0 Å². The van der Waals surface area contributed by atoms with Crippen molar-refractivity contribution in [1.29, 1.82) is 0 Å². The number of benzene rings is 2. The Labute approximate surface area is 269 Å². The minimum absolute atomic E-state index is 0.885. The van der Waals surface area contributed by atoms with Gasteiger partial charge in [-0.3, -0.25) is 0 Å². The molecule has 236 valence electrons. The van der Waals surface area contributed by atoms with Gasteiger partial charge >= 0.3 is 15.0 Å². The van der Waals surface area contributed by atoms with E-state index in [1.54, 1.807) is 0 Å². The predicted molar refractivity (Wildman–Crippen MR) is 189 cm³/mol. The van der Waals surface area contributed by atoms with Crippen molar-refractivity contribution >= 4 is 32.8 Å². The van der Waals surface area contributed by atoms with Gasteiger partial charge in [-0.2, -0.15) is 51.8 Å². The van der Waals surface area contributed by atoms with Crippen LogP contribution >= 0.6 is 22.2 Å². The minimum Gasteiger partial charge on any atom is -0.196 e. The van der Waals surface area contributed by atoms with Crippen molar-refractivity contribution in [2.75, 3.05) is 0 Å². The lowest BCUT2D eigenvalue weighted by Crippen LogP contribution is -2.22. The van der Waals surface area contributed by atoms with Crippen molar-refractivity contribution in [2.45, 2.75) is 55.4 Å². The topological polar surface area (TPSA) is 108 Å². The molecule has 0 radical (unpaired) electrons. The Balaban J connectivity index is 1.86. The number of aryl methyl sites for hydroxylation is 8. The molecule has 0 saturated heterocycles. The normalized spacial score (nSPS) is 16.4. The molecule has 1 aliphatic rings. The van der Waals surface area contributed by atoms with Crippen molar-refractivity contribution < 1.29 is 0 Å². The lowest BCUT2D eigenvalue weighted by Gasteiger charge is -2.37. The second kappa shape index (κ2) is 11.0. The minimum atomic E-state index is -3.31. The smallest absolute Gasteiger partial charge is 0.196 e. The SMILES string of the molecule is Cc1cc(C)n(P2(n3nc(C)cc3C)=NP(c3ccccc3)(c3ccccc3)=NP(n3nc(C)cc3C)(n3nc(C)cc3C)=N2)n1. The molecule has 7 rings (SSSR count). The molecule has 11 nitrogen and oxygen atoms in total. The molecule has 0 bridgehead atoms. The van der Waals surface area contributed by atoms with E-state index in [0.29, 0.717) is 0 Å². The molecule has 0 fully saturated rings. The van der Waals surface area contributed by atoms with Crippen molar-refractivity contribution in [3.63, 3.8) is 0 Å². The fourth-order valence-electron chi connectivity index (χ4n) is 6.21. The molecule has 46 heavy (non-hydrogen) atoms. The average molecular weight is 670 g/mol. The van der Waals surface area contributed by atoms with Gasteiger partial charge in [0.25, 0.3) is 0 Å². The van der Waals surface area contributed by atoms with E-state index in [0.717, 1.165) is 56.2 Å². The molecule has 4 aromatic heterocycles. The first kappa shape index (κ1) is 30.6. The van der Waals surface area contributed by atoms with Gasteiger partial charge in [-0.1, -0.05) is 60.7 Å². The molecule has 0 aliphatic carbocycles. The summed E-state index contributed by atoms with van der Waals surface area (Å²) in [5.74, 6) is 0. The van der Waals surface area contributed by atoms with Crippen molar-refractivity contribution in [3.05, 3.63) is 130 Å². The highest BCUT2D eigenvalue weighted by atomic mass is 31.3. The van der Waals surface area contributed by atoms with E-state index in [1.165, 1.54) is 0 Å². The van der Waals surface area contributed by atoms with Crippen LogP contribution in [0.2, 0.25) is 0 Å². The van der Waals surface area contributed by atoms with Crippen molar-refractivity contribution in [1.82, 2.24) is 38.2 Å². The summed E-state index contributed by atoms with van der Waals surface area (Å²) >= 11 is 0. The van der Waals surface area contributed by atoms with E-state index >= 15 is 0 Å². The van der Waals surface area contributed by atoms with Crippen LogP contribution in [0.5, 0.6) is 0 Å². The van der Waals surface area contributed by atoms with Crippen LogP contribution in [0.15, 0.2) is 98.5 Å². The second-order valence-electron chi connectivity index (χ2n) is 11.9. The first-order chi connectivity index (χ1) is 22.0. The zero-order chi connectivity index (χ0) is 32.4. The van der Waals surface area contributed by atoms with Gasteiger partial charge in [-0.05, 0) is 79.7 Å². The number of rotatable bonds is 6. The van der Waals surface area contributed by atoms with Crippen LogP contribution < -0.4 is 10.6 Å². The number of hydrogen-bond acceptors (Lipinski definition) is 7. The summed E-state index contributed by atoms with van der Waals surface area (Å²) in [7, 11) is -9.65. The van der Waals surface area contributed by atoms with Gasteiger partial charge in [-0.15, -0.1) is 0 Å². The lowest BCUT2D eigenvalue weighted by atomic mass is 10.4. The van der Waals surface area contributed by atoms with Gasteiger partial charge in [0.05, 0.1) is 22.8 Å². The van der Waals surface area contributed by atoms with E-state index in [-0.39, 0.29) is 0 Å². The molecule has 0 unspecified atom stereocenters. The van der Waals surface area contributed by atoms with Gasteiger partial charge in [0, 0.05) is 33.4 Å². The molecule has 0 amide bonds. The molecule has 0 saturated carbocycles. The average Bonchev–Trinajstić information content (AvgIpc) is 3.78. The Bertz CT molecular complexity index is 2050. The first-order valence-corrected chi connectivity index (χ1v) is 20.1. The van der Waals surface area contributed by atoms with Crippen molar-refractivity contribution in [2.24, 2.45) is 13.5 Å². The summed E-state index contributed by atoms with van der Waals surface area (Å²) in [5.41, 5.74) is 7.34. The fourth-order valence-corrected chi connectivity index (χ4v) is 20.5. The molecular weight excluding hydrogens is 631 g/mol. The number of aromatic nitrogens is 8. The summed E-state index contributed by atoms with van der Waals surface area (Å²) in [6.07, 6.45) is 0. The zero-order valence-corrected chi connectivity index (χ0v) is 30.0. The molecule has 2 aromatic carbocycles. The first-order valence-electron chi connectivity index (χ1n) is 15.2. The summed E-state index contributed by atoms with van der Waals surface area (Å²) in [4.78, 5) is 0. The summed E-state index contributed by atoms with van der Waals surface area (Å²) < 4.78 is 26.2. The summed E-state index contributed by atoms with van der Waals surface area (Å²) in [6, 6.07) is 29.3. The third-order valence-corrected chi connectivity index (χ3v) is 19.5. The zero-order valence-electron chi connectivity index (χ0n) is 27.3. The molecule has 0 atom stereocenters. The summed E-state index contributed by atoms with van der Waals surface area (Å²) in [6.45, 7) is 16.3. The largest absolute Gasteiger partial charge is 0.311 e. The highest BCUT2D eigenvalue weighted by Crippen LogP contribution is 2.79. The van der Waals surface area contributed by atoms with Gasteiger partial charge < -0.3 is 0 Å². The maximum Gasteiger partial charge on any atom is 0.311 e. The molecule has 0 N–H and O–H groups in total. The standard InChI is InChI=1S/C32H38N11P3/c1-23-19-27(5)40(33-23)45(41-28(6)20-24(2)34-41)37-44(31-15-11-9-12-16-31,32-17-13-10-14-18-32)38-46(39-45,42-29(7)21-25(3)35-42)43-30(8)22-26(4)36-43/h9-22H,1-8H3. The van der Waals surface area contributed by atoms with Gasteiger partial charge in [0.15, 0.2) is 0 Å². The Hall–Kier alpha value is -4.03. The van der Waals surface area contributed by atoms with Crippen LogP contribution in [0.3, 0.4) is 0 Å². The van der Waals surface area contributed by atoms with Crippen LogP contribution in [0.25, 0.3) is 0 Å². The van der Waals surface area contributed by atoms with Crippen LogP contribution in [-0.2, 0) is 0 Å². The fraction of sp³-hybridized carbons (Fsp3) is 0.250. The number of nitrogens with zero attached hydrogens (tertiary/aromatic N) is 11. The van der Waals surface area contributed by atoms with Crippen LogP contribution in [0.1, 0.15) is 45.6 Å². The molecule has 14 heteroatoms. The Morgan fingerprint density at radius 3 is 0.978 bits per heavy atom. The van der Waals surface area contributed by atoms with E-state index in [4.69, 9.17) is 33.9 Å². The Morgan fingerprint density at radius 2 is 0.696 bits per heavy atom. The third kappa shape index (κ3) is 4.67. The van der Waals surface area contributed by atoms with E-state index < -0.39 is 22.2 Å².